The van der Waals surface area contributed by atoms with E-state index in [1.165, 1.54) is 17.8 Å². The van der Waals surface area contributed by atoms with E-state index in [2.05, 4.69) is 10.6 Å². The first kappa shape index (κ1) is 21.1. The van der Waals surface area contributed by atoms with Gasteiger partial charge in [-0.2, -0.15) is 0 Å². The number of anilines is 1. The van der Waals surface area contributed by atoms with E-state index in [0.29, 0.717) is 10.6 Å². The Hall–Kier alpha value is -2.15. The quantitative estimate of drug-likeness (QED) is 0.608. The number of fused-ring (bicyclic) bond motifs is 2. The van der Waals surface area contributed by atoms with E-state index in [0.717, 1.165) is 49.0 Å². The zero-order valence-electron chi connectivity index (χ0n) is 17.6. The van der Waals surface area contributed by atoms with Crippen LogP contribution >= 0.6 is 11.3 Å². The number of allylic oxidation sites excluding steroid dienone is 2. The molecule has 162 valence electrons. The zero-order valence-corrected chi connectivity index (χ0v) is 18.4. The third-order valence-corrected chi connectivity index (χ3v) is 8.25. The molecule has 1 aromatic rings. The van der Waals surface area contributed by atoms with Crippen molar-refractivity contribution in [1.29, 1.82) is 0 Å². The molecule has 7 heteroatoms. The van der Waals surface area contributed by atoms with E-state index in [-0.39, 0.29) is 29.7 Å². The minimum Gasteiger partial charge on any atom is -0.481 e. The van der Waals surface area contributed by atoms with Crippen molar-refractivity contribution in [3.63, 3.8) is 0 Å². The summed E-state index contributed by atoms with van der Waals surface area (Å²) in [4.78, 5) is 39.2. The molecule has 0 saturated heterocycles. The van der Waals surface area contributed by atoms with E-state index in [1.807, 2.05) is 26.0 Å². The number of hydrogen-bond acceptors (Lipinski definition) is 4. The molecule has 0 aliphatic heterocycles. The molecule has 2 amide bonds. The van der Waals surface area contributed by atoms with Crippen LogP contribution in [0.5, 0.6) is 0 Å². The molecule has 2 saturated carbocycles. The van der Waals surface area contributed by atoms with Crippen LogP contribution in [0.2, 0.25) is 0 Å². The molecular weight excluding hydrogens is 400 g/mol. The van der Waals surface area contributed by atoms with E-state index in [1.54, 1.807) is 0 Å². The minimum atomic E-state index is -0.914. The van der Waals surface area contributed by atoms with Gasteiger partial charge in [0.25, 0.3) is 5.91 Å². The summed E-state index contributed by atoms with van der Waals surface area (Å²) in [6.07, 6.45) is 11.1. The Balaban J connectivity index is 1.55. The average Bonchev–Trinajstić information content (AvgIpc) is 3.01. The number of carbonyl (C=O) groups excluding carboxylic acids is 2. The van der Waals surface area contributed by atoms with E-state index in [9.17, 15) is 19.5 Å². The van der Waals surface area contributed by atoms with Gasteiger partial charge in [0, 0.05) is 10.9 Å². The Morgan fingerprint density at radius 1 is 0.967 bits per heavy atom. The molecule has 4 atom stereocenters. The molecule has 0 spiro atoms. The van der Waals surface area contributed by atoms with Gasteiger partial charge in [0.2, 0.25) is 5.91 Å². The van der Waals surface area contributed by atoms with Crippen LogP contribution in [0.15, 0.2) is 12.2 Å². The lowest BCUT2D eigenvalue weighted by molar-refractivity contribution is -0.151. The van der Waals surface area contributed by atoms with E-state index >= 15 is 0 Å². The first-order valence-corrected chi connectivity index (χ1v) is 11.8. The molecule has 2 bridgehead atoms. The summed E-state index contributed by atoms with van der Waals surface area (Å²) < 4.78 is 0. The number of carbonyl (C=O) groups is 3. The van der Waals surface area contributed by atoms with Gasteiger partial charge in [-0.3, -0.25) is 14.4 Å². The molecule has 1 heterocycles. The van der Waals surface area contributed by atoms with Gasteiger partial charge in [-0.15, -0.1) is 11.3 Å². The topological polar surface area (TPSA) is 95.5 Å². The summed E-state index contributed by atoms with van der Waals surface area (Å²) >= 11 is 1.40. The molecule has 4 aliphatic rings. The average molecular weight is 431 g/mol. The highest BCUT2D eigenvalue weighted by molar-refractivity contribution is 7.16. The van der Waals surface area contributed by atoms with Crippen LogP contribution in [0.3, 0.4) is 0 Å². The Labute approximate surface area is 181 Å². The number of rotatable bonds is 5. The van der Waals surface area contributed by atoms with Crippen LogP contribution in [0.4, 0.5) is 5.00 Å². The highest BCUT2D eigenvalue weighted by Gasteiger charge is 2.48. The molecule has 5 rings (SSSR count). The minimum absolute atomic E-state index is 0.0576. The van der Waals surface area contributed by atoms with Crippen LogP contribution in [-0.2, 0) is 9.59 Å². The second-order valence-electron chi connectivity index (χ2n) is 8.96. The summed E-state index contributed by atoms with van der Waals surface area (Å²) in [6.45, 7) is 3.85. The lowest BCUT2D eigenvalue weighted by Crippen LogP contribution is -2.47. The first-order valence-electron chi connectivity index (χ1n) is 11.0. The molecule has 2 fully saturated rings. The fourth-order valence-electron chi connectivity index (χ4n) is 5.38. The number of nitrogens with one attached hydrogen (secondary N) is 2. The SMILES string of the molecule is Cc1sc(NC(=O)[C@H]2[C@@H](C(=O)O)[C@H]3C=C[C@@H]2CC3)c(C(=O)NC2CCCCC2)c1C. The predicted molar refractivity (Wildman–Crippen MR) is 117 cm³/mol. The third kappa shape index (κ3) is 3.92. The molecule has 0 unspecified atom stereocenters. The normalized spacial score (nSPS) is 28.3. The molecule has 4 aliphatic carbocycles. The smallest absolute Gasteiger partial charge is 0.307 e. The largest absolute Gasteiger partial charge is 0.481 e. The molecule has 3 N–H and O–H groups in total. The van der Waals surface area contributed by atoms with Crippen molar-refractivity contribution >= 4 is 34.1 Å². The third-order valence-electron chi connectivity index (χ3n) is 7.13. The molecule has 1 aromatic heterocycles. The van der Waals surface area contributed by atoms with Crippen molar-refractivity contribution in [3.8, 4) is 0 Å². The van der Waals surface area contributed by atoms with Crippen LogP contribution < -0.4 is 10.6 Å². The monoisotopic (exact) mass is 430 g/mol. The van der Waals surface area contributed by atoms with Crippen molar-refractivity contribution in [3.05, 3.63) is 28.2 Å². The van der Waals surface area contributed by atoms with Crippen LogP contribution in [0, 0.1) is 37.5 Å². The van der Waals surface area contributed by atoms with Crippen molar-refractivity contribution in [2.75, 3.05) is 5.32 Å². The van der Waals surface area contributed by atoms with Gasteiger partial charge in [0.05, 0.1) is 17.4 Å². The standard InChI is InChI=1S/C23H30N2O4S/c1-12-13(2)30-22(17(12)20(26)24-16-6-4-3-5-7-16)25-21(27)18-14-8-10-15(11-9-14)19(18)23(28)29/h8,10,14-16,18-19H,3-7,9,11H2,1-2H3,(H,24,26)(H,25,27)(H,28,29)/t14-,15+,18-,19+/m1/s1. The lowest BCUT2D eigenvalue weighted by Gasteiger charge is -2.41. The number of aliphatic carboxylic acids is 1. The number of amides is 2. The highest BCUT2D eigenvalue weighted by Crippen LogP contribution is 2.46. The number of hydrogen-bond donors (Lipinski definition) is 3. The molecule has 6 nitrogen and oxygen atoms in total. The molecule has 0 aromatic carbocycles. The van der Waals surface area contributed by atoms with Gasteiger partial charge in [0.15, 0.2) is 0 Å². The van der Waals surface area contributed by atoms with Crippen LogP contribution in [0.25, 0.3) is 0 Å². The summed E-state index contributed by atoms with van der Waals surface area (Å²) in [5.41, 5.74) is 1.41. The zero-order chi connectivity index (χ0) is 21.4. The van der Waals surface area contributed by atoms with E-state index < -0.39 is 17.8 Å². The molecule has 30 heavy (non-hydrogen) atoms. The second-order valence-corrected chi connectivity index (χ2v) is 10.2. The molecule has 0 radical (unpaired) electrons. The number of carboxylic acid groups (broad SMARTS) is 1. The number of aryl methyl sites for hydroxylation is 1. The Morgan fingerprint density at radius 3 is 2.20 bits per heavy atom. The fourth-order valence-corrected chi connectivity index (χ4v) is 6.44. The maximum absolute atomic E-state index is 13.2. The second kappa shape index (κ2) is 8.53. The number of thiophene rings is 1. The predicted octanol–water partition coefficient (Wildman–Crippen LogP) is 4.28. The van der Waals surface area contributed by atoms with Crippen LogP contribution in [0.1, 0.15) is 65.7 Å². The fraction of sp³-hybridized carbons (Fsp3) is 0.609. The molecular formula is C23H30N2O4S. The summed E-state index contributed by atoms with van der Waals surface area (Å²) in [7, 11) is 0. The number of carboxylic acids is 1. The van der Waals surface area contributed by atoms with Gasteiger partial charge < -0.3 is 15.7 Å². The Morgan fingerprint density at radius 2 is 1.60 bits per heavy atom. The van der Waals surface area contributed by atoms with Crippen molar-refractivity contribution in [1.82, 2.24) is 5.32 Å². The van der Waals surface area contributed by atoms with Gasteiger partial charge >= 0.3 is 5.97 Å². The van der Waals surface area contributed by atoms with Crippen LogP contribution in [-0.4, -0.2) is 28.9 Å². The maximum Gasteiger partial charge on any atom is 0.307 e. The van der Waals surface area contributed by atoms with Crippen molar-refractivity contribution in [2.24, 2.45) is 23.7 Å². The maximum atomic E-state index is 13.2. The Kier molecular flexibility index (Phi) is 6.00. The van der Waals surface area contributed by atoms with Gasteiger partial charge in [0.1, 0.15) is 5.00 Å². The lowest BCUT2D eigenvalue weighted by atomic mass is 9.62. The summed E-state index contributed by atoms with van der Waals surface area (Å²) in [5, 5.41) is 16.4. The van der Waals surface area contributed by atoms with Crippen molar-refractivity contribution in [2.45, 2.75) is 64.8 Å². The summed E-state index contributed by atoms with van der Waals surface area (Å²) in [5.74, 6) is -2.78. The van der Waals surface area contributed by atoms with Gasteiger partial charge in [-0.25, -0.2) is 0 Å². The Bertz CT molecular complexity index is 884. The van der Waals surface area contributed by atoms with Crippen molar-refractivity contribution < 1.29 is 19.5 Å². The van der Waals surface area contributed by atoms with Gasteiger partial charge in [-0.05, 0) is 56.9 Å². The van der Waals surface area contributed by atoms with E-state index in [4.69, 9.17) is 0 Å². The highest BCUT2D eigenvalue weighted by atomic mass is 32.1. The first-order chi connectivity index (χ1) is 14.4. The summed E-state index contributed by atoms with van der Waals surface area (Å²) in [6, 6.07) is 0.185. The van der Waals surface area contributed by atoms with Gasteiger partial charge in [-0.1, -0.05) is 31.4 Å².